The van der Waals surface area contributed by atoms with Gasteiger partial charge in [0.2, 0.25) is 5.76 Å². The lowest BCUT2D eigenvalue weighted by Gasteiger charge is -2.14. The SMILES string of the molecule is COc1ccccc1COc1cc(OCc2ccccc2C)cc(C(=O)CCCc2ccc(C(=O)O)o2)c1. The van der Waals surface area contributed by atoms with Crippen LogP contribution in [-0.2, 0) is 19.6 Å². The molecule has 7 heteroatoms. The summed E-state index contributed by atoms with van der Waals surface area (Å²) < 4.78 is 22.8. The smallest absolute Gasteiger partial charge is 0.371 e. The Labute approximate surface area is 221 Å². The third kappa shape index (κ3) is 7.03. The number of ether oxygens (including phenoxy) is 3. The molecule has 196 valence electrons. The lowest BCUT2D eigenvalue weighted by atomic mass is 10.0. The molecule has 1 heterocycles. The number of carboxylic acid groups (broad SMARTS) is 1. The van der Waals surface area contributed by atoms with E-state index in [-0.39, 0.29) is 24.6 Å². The Morgan fingerprint density at radius 1 is 0.842 bits per heavy atom. The minimum atomic E-state index is -1.12. The van der Waals surface area contributed by atoms with Crippen molar-refractivity contribution in [3.8, 4) is 17.2 Å². The fraction of sp³-hybridized carbons (Fsp3) is 0.226. The largest absolute Gasteiger partial charge is 0.496 e. The predicted molar refractivity (Wildman–Crippen MR) is 142 cm³/mol. The number of para-hydroxylation sites is 1. The molecule has 0 fully saturated rings. The number of ketones is 1. The maximum Gasteiger partial charge on any atom is 0.371 e. The van der Waals surface area contributed by atoms with E-state index in [2.05, 4.69) is 0 Å². The van der Waals surface area contributed by atoms with Gasteiger partial charge < -0.3 is 23.7 Å². The first-order chi connectivity index (χ1) is 18.4. The third-order valence-electron chi connectivity index (χ3n) is 6.14. The number of hydrogen-bond acceptors (Lipinski definition) is 6. The van der Waals surface area contributed by atoms with Gasteiger partial charge in [-0.3, -0.25) is 4.79 Å². The molecule has 0 amide bonds. The van der Waals surface area contributed by atoms with E-state index < -0.39 is 5.97 Å². The summed E-state index contributed by atoms with van der Waals surface area (Å²) in [5.41, 5.74) is 3.54. The Balaban J connectivity index is 1.48. The molecule has 3 aromatic carbocycles. The number of furan rings is 1. The van der Waals surface area contributed by atoms with Crippen LogP contribution in [0.4, 0.5) is 0 Å². The minimum absolute atomic E-state index is 0.0708. The van der Waals surface area contributed by atoms with Crippen LogP contribution in [0, 0.1) is 6.92 Å². The first kappa shape index (κ1) is 26.5. The standard InChI is InChI=1S/C31H30O7/c1-21-8-3-4-9-22(21)19-36-26-16-24(28(32)12-7-11-25-14-15-30(38-25)31(33)34)17-27(18-26)37-20-23-10-5-6-13-29(23)35-2/h3-6,8-10,13-18H,7,11-12,19-20H2,1-2H3,(H,33,34). The predicted octanol–water partition coefficient (Wildman–Crippen LogP) is 6.66. The van der Waals surface area contributed by atoms with E-state index in [1.807, 2.05) is 55.5 Å². The third-order valence-corrected chi connectivity index (χ3v) is 6.14. The van der Waals surface area contributed by atoms with Crippen molar-refractivity contribution in [2.75, 3.05) is 7.11 Å². The van der Waals surface area contributed by atoms with Gasteiger partial charge in [0.15, 0.2) is 5.78 Å². The van der Waals surface area contributed by atoms with Crippen LogP contribution in [0.3, 0.4) is 0 Å². The molecule has 4 rings (SSSR count). The average Bonchev–Trinajstić information content (AvgIpc) is 3.41. The van der Waals surface area contributed by atoms with Crippen LogP contribution in [-0.4, -0.2) is 24.0 Å². The highest BCUT2D eigenvalue weighted by molar-refractivity contribution is 5.96. The number of carboxylic acids is 1. The highest BCUT2D eigenvalue weighted by atomic mass is 16.5. The van der Waals surface area contributed by atoms with Crippen molar-refractivity contribution in [1.29, 1.82) is 0 Å². The molecule has 4 aromatic rings. The van der Waals surface area contributed by atoms with Gasteiger partial charge in [-0.2, -0.15) is 0 Å². The number of carbonyl (C=O) groups is 2. The van der Waals surface area contributed by atoms with E-state index in [1.54, 1.807) is 31.4 Å². The second-order valence-corrected chi connectivity index (χ2v) is 8.86. The van der Waals surface area contributed by atoms with Crippen molar-refractivity contribution in [2.45, 2.75) is 39.4 Å². The van der Waals surface area contributed by atoms with Gasteiger partial charge in [-0.1, -0.05) is 42.5 Å². The Morgan fingerprint density at radius 2 is 1.50 bits per heavy atom. The molecule has 0 unspecified atom stereocenters. The van der Waals surface area contributed by atoms with Crippen LogP contribution in [0.1, 0.15) is 56.2 Å². The molecular weight excluding hydrogens is 484 g/mol. The number of aromatic carboxylic acids is 1. The van der Waals surface area contributed by atoms with Crippen LogP contribution in [0.25, 0.3) is 0 Å². The number of hydrogen-bond donors (Lipinski definition) is 1. The summed E-state index contributed by atoms with van der Waals surface area (Å²) in [6.07, 6.45) is 1.23. The molecule has 38 heavy (non-hydrogen) atoms. The number of carbonyl (C=O) groups excluding carboxylic acids is 1. The summed E-state index contributed by atoms with van der Waals surface area (Å²) in [7, 11) is 1.61. The quantitative estimate of drug-likeness (QED) is 0.199. The fourth-order valence-electron chi connectivity index (χ4n) is 4.01. The van der Waals surface area contributed by atoms with E-state index in [4.69, 9.17) is 23.7 Å². The van der Waals surface area contributed by atoms with E-state index in [9.17, 15) is 9.59 Å². The Hall–Kier alpha value is -4.52. The molecule has 0 saturated heterocycles. The van der Waals surface area contributed by atoms with Gasteiger partial charge >= 0.3 is 5.97 Å². The zero-order chi connectivity index (χ0) is 26.9. The fourth-order valence-corrected chi connectivity index (χ4v) is 4.01. The Morgan fingerprint density at radius 3 is 2.16 bits per heavy atom. The molecule has 0 saturated carbocycles. The van der Waals surface area contributed by atoms with Crippen molar-refractivity contribution in [3.63, 3.8) is 0 Å². The first-order valence-corrected chi connectivity index (χ1v) is 12.3. The molecule has 0 aliphatic carbocycles. The van der Waals surface area contributed by atoms with Crippen molar-refractivity contribution >= 4 is 11.8 Å². The molecule has 0 aliphatic heterocycles. The van der Waals surface area contributed by atoms with Crippen LogP contribution in [0.15, 0.2) is 83.3 Å². The van der Waals surface area contributed by atoms with Gasteiger partial charge in [-0.25, -0.2) is 4.79 Å². The normalized spacial score (nSPS) is 10.7. The van der Waals surface area contributed by atoms with E-state index in [0.29, 0.717) is 42.3 Å². The molecular formula is C31H30O7. The van der Waals surface area contributed by atoms with E-state index >= 15 is 0 Å². The summed E-state index contributed by atoms with van der Waals surface area (Å²) >= 11 is 0. The Bertz CT molecular complexity index is 1400. The van der Waals surface area contributed by atoms with Crippen molar-refractivity contribution in [1.82, 2.24) is 0 Å². The second kappa shape index (κ2) is 12.6. The zero-order valence-corrected chi connectivity index (χ0v) is 21.4. The van der Waals surface area contributed by atoms with Crippen LogP contribution < -0.4 is 14.2 Å². The summed E-state index contributed by atoms with van der Waals surface area (Å²) in [4.78, 5) is 24.1. The van der Waals surface area contributed by atoms with Gasteiger partial charge in [-0.05, 0) is 54.8 Å². The highest BCUT2D eigenvalue weighted by Crippen LogP contribution is 2.28. The maximum atomic E-state index is 13.1. The molecule has 1 N–H and O–H groups in total. The number of Topliss-reactive ketones (excluding diaryl/α,β-unsaturated/α-hetero) is 1. The lowest BCUT2D eigenvalue weighted by Crippen LogP contribution is -2.04. The molecule has 0 aliphatic rings. The number of benzene rings is 3. The van der Waals surface area contributed by atoms with Crippen molar-refractivity contribution in [2.24, 2.45) is 0 Å². The minimum Gasteiger partial charge on any atom is -0.496 e. The van der Waals surface area contributed by atoms with Gasteiger partial charge in [0.25, 0.3) is 0 Å². The number of aryl methyl sites for hydroxylation is 2. The van der Waals surface area contributed by atoms with Crippen LogP contribution in [0.2, 0.25) is 0 Å². The average molecular weight is 515 g/mol. The van der Waals surface area contributed by atoms with Crippen molar-refractivity contribution < 1.29 is 33.3 Å². The number of rotatable bonds is 13. The number of methoxy groups -OCH3 is 1. The van der Waals surface area contributed by atoms with Gasteiger partial charge in [0.05, 0.1) is 7.11 Å². The molecule has 0 atom stereocenters. The van der Waals surface area contributed by atoms with Gasteiger partial charge in [-0.15, -0.1) is 0 Å². The molecule has 0 radical (unpaired) electrons. The van der Waals surface area contributed by atoms with Crippen molar-refractivity contribution in [3.05, 3.63) is 113 Å². The first-order valence-electron chi connectivity index (χ1n) is 12.3. The Kier molecular flexibility index (Phi) is 8.82. The monoisotopic (exact) mass is 514 g/mol. The topological polar surface area (TPSA) is 95.2 Å². The zero-order valence-electron chi connectivity index (χ0n) is 21.4. The summed E-state index contributed by atoms with van der Waals surface area (Å²) in [5, 5.41) is 9.01. The van der Waals surface area contributed by atoms with Crippen LogP contribution in [0.5, 0.6) is 17.2 Å². The highest BCUT2D eigenvalue weighted by Gasteiger charge is 2.14. The molecule has 1 aromatic heterocycles. The maximum absolute atomic E-state index is 13.1. The summed E-state index contributed by atoms with van der Waals surface area (Å²) in [5.74, 6) is 1.01. The molecule has 0 bridgehead atoms. The summed E-state index contributed by atoms with van der Waals surface area (Å²) in [6.45, 7) is 2.66. The molecule has 0 spiro atoms. The lowest BCUT2D eigenvalue weighted by molar-refractivity contribution is 0.0659. The van der Waals surface area contributed by atoms with Gasteiger partial charge in [0.1, 0.15) is 36.2 Å². The summed E-state index contributed by atoms with van der Waals surface area (Å²) in [6, 6.07) is 23.8. The van der Waals surface area contributed by atoms with Crippen LogP contribution >= 0.6 is 0 Å². The molecule has 7 nitrogen and oxygen atoms in total. The van der Waals surface area contributed by atoms with E-state index in [0.717, 1.165) is 22.4 Å². The van der Waals surface area contributed by atoms with E-state index in [1.165, 1.54) is 6.07 Å². The van der Waals surface area contributed by atoms with Gasteiger partial charge in [0, 0.05) is 30.0 Å². The second-order valence-electron chi connectivity index (χ2n) is 8.86.